The molecule has 1 fully saturated rings. The number of ether oxygens (including phenoxy) is 1. The number of methoxy groups -OCH3 is 1. The summed E-state index contributed by atoms with van der Waals surface area (Å²) >= 11 is 3.43. The predicted octanol–water partition coefficient (Wildman–Crippen LogP) is 4.08. The normalized spacial score (nSPS) is 16.5. The van der Waals surface area contributed by atoms with E-state index >= 15 is 0 Å². The molecule has 0 bridgehead atoms. The van der Waals surface area contributed by atoms with E-state index in [1.54, 1.807) is 11.1 Å². The van der Waals surface area contributed by atoms with Crippen LogP contribution in [0.4, 0.5) is 9.59 Å². The number of H-pyrrole nitrogens is 1. The molecule has 8 nitrogen and oxygen atoms in total. The summed E-state index contributed by atoms with van der Waals surface area (Å²) < 4.78 is 5.76. The van der Waals surface area contributed by atoms with Crippen LogP contribution in [-0.4, -0.2) is 51.7 Å². The number of likely N-dealkylation sites (tertiary alicyclic amines) is 1. The third kappa shape index (κ3) is 4.36. The minimum Gasteiger partial charge on any atom is -0.451 e. The summed E-state index contributed by atoms with van der Waals surface area (Å²) in [4.78, 5) is 34.6. The van der Waals surface area contributed by atoms with Gasteiger partial charge in [0.2, 0.25) is 0 Å². The van der Waals surface area contributed by atoms with E-state index in [0.29, 0.717) is 12.4 Å². The zero-order valence-electron chi connectivity index (χ0n) is 16.1. The third-order valence-corrected chi connectivity index (χ3v) is 5.03. The van der Waals surface area contributed by atoms with Crippen LogP contribution in [0.2, 0.25) is 0 Å². The van der Waals surface area contributed by atoms with Gasteiger partial charge in [-0.2, -0.15) is 5.01 Å². The summed E-state index contributed by atoms with van der Waals surface area (Å²) in [7, 11) is 1.25. The summed E-state index contributed by atoms with van der Waals surface area (Å²) in [5.41, 5.74) is 4.74. The summed E-state index contributed by atoms with van der Waals surface area (Å²) in [6.45, 7) is 4.24. The van der Waals surface area contributed by atoms with Crippen LogP contribution in [0, 0.1) is 0 Å². The van der Waals surface area contributed by atoms with Gasteiger partial charge in [0, 0.05) is 17.1 Å². The highest BCUT2D eigenvalue weighted by Gasteiger charge is 2.37. The first kappa shape index (κ1) is 20.3. The number of hydrazine groups is 1. The van der Waals surface area contributed by atoms with Gasteiger partial charge in [-0.05, 0) is 44.4 Å². The van der Waals surface area contributed by atoms with Crippen molar-refractivity contribution in [3.8, 4) is 11.3 Å². The van der Waals surface area contributed by atoms with Crippen LogP contribution in [0.3, 0.4) is 0 Å². The maximum Gasteiger partial charge on any atom is 0.432 e. The molecule has 0 spiro atoms. The van der Waals surface area contributed by atoms with Crippen LogP contribution in [-0.2, 0) is 4.74 Å². The predicted molar refractivity (Wildman–Crippen MR) is 108 cm³/mol. The van der Waals surface area contributed by atoms with Crippen LogP contribution >= 0.6 is 15.9 Å². The van der Waals surface area contributed by atoms with Gasteiger partial charge in [-0.15, -0.1) is 0 Å². The number of urea groups is 1. The average molecular weight is 450 g/mol. The number of nitrogens with one attached hydrogen (secondary N) is 2. The Bertz CT molecular complexity index is 836. The number of halogens is 1. The van der Waals surface area contributed by atoms with Crippen molar-refractivity contribution in [1.82, 2.24) is 25.3 Å². The lowest BCUT2D eigenvalue weighted by Gasteiger charge is -2.30. The smallest absolute Gasteiger partial charge is 0.432 e. The molecule has 9 heteroatoms. The Morgan fingerprint density at radius 2 is 2.07 bits per heavy atom. The van der Waals surface area contributed by atoms with Gasteiger partial charge in [0.15, 0.2) is 0 Å². The van der Waals surface area contributed by atoms with Crippen molar-refractivity contribution in [2.75, 3.05) is 13.7 Å². The van der Waals surface area contributed by atoms with E-state index in [2.05, 4.69) is 31.3 Å². The van der Waals surface area contributed by atoms with E-state index in [1.165, 1.54) is 7.11 Å². The minimum absolute atomic E-state index is 0.100. The van der Waals surface area contributed by atoms with Crippen LogP contribution in [0.15, 0.2) is 34.9 Å². The first-order valence-electron chi connectivity index (χ1n) is 9.16. The molecule has 1 aliphatic heterocycles. The zero-order valence-corrected chi connectivity index (χ0v) is 17.7. The number of carbonyl (C=O) groups excluding carboxylic acids is 2. The topological polar surface area (TPSA) is 90.6 Å². The molecule has 150 valence electrons. The van der Waals surface area contributed by atoms with Crippen LogP contribution in [0.1, 0.15) is 38.6 Å². The maximum atomic E-state index is 13.0. The standard InChI is InChI=1S/C19H24BrN5O3/c1-12(2)23-25(19(27)28-3)18(26)24-10-4-5-16(24)17-21-11-15(22-17)13-6-8-14(20)9-7-13/h6-9,11-12,16,23H,4-5,10H2,1-3H3,(H,21,22). The molecule has 3 rings (SSSR count). The van der Waals surface area contributed by atoms with Crippen molar-refractivity contribution >= 4 is 28.1 Å². The van der Waals surface area contributed by atoms with Gasteiger partial charge in [0.25, 0.3) is 0 Å². The highest BCUT2D eigenvalue weighted by atomic mass is 79.9. The number of benzene rings is 1. The van der Waals surface area contributed by atoms with Gasteiger partial charge in [-0.25, -0.2) is 20.0 Å². The second kappa shape index (κ2) is 8.74. The molecular formula is C19H24BrN5O3. The number of amides is 3. The third-order valence-electron chi connectivity index (χ3n) is 4.50. The Morgan fingerprint density at radius 3 is 2.71 bits per heavy atom. The number of rotatable bonds is 4. The van der Waals surface area contributed by atoms with Gasteiger partial charge in [0.1, 0.15) is 5.82 Å². The number of hydrogen-bond donors (Lipinski definition) is 2. The van der Waals surface area contributed by atoms with Crippen molar-refractivity contribution in [3.63, 3.8) is 0 Å². The van der Waals surface area contributed by atoms with Crippen molar-refractivity contribution in [2.24, 2.45) is 0 Å². The second-order valence-electron chi connectivity index (χ2n) is 6.91. The van der Waals surface area contributed by atoms with Gasteiger partial charge in [-0.3, -0.25) is 0 Å². The van der Waals surface area contributed by atoms with E-state index < -0.39 is 12.1 Å². The van der Waals surface area contributed by atoms with Gasteiger partial charge in [-0.1, -0.05) is 28.1 Å². The first-order chi connectivity index (χ1) is 13.4. The first-order valence-corrected chi connectivity index (χ1v) is 9.95. The van der Waals surface area contributed by atoms with Gasteiger partial charge in [0.05, 0.1) is 25.0 Å². The Hall–Kier alpha value is -2.39. The molecule has 2 N–H and O–H groups in total. The second-order valence-corrected chi connectivity index (χ2v) is 7.83. The van der Waals surface area contributed by atoms with Crippen molar-refractivity contribution < 1.29 is 14.3 Å². The van der Waals surface area contributed by atoms with Crippen LogP contribution < -0.4 is 5.43 Å². The Labute approximate surface area is 172 Å². The molecule has 0 saturated carbocycles. The maximum absolute atomic E-state index is 13.0. The van der Waals surface area contributed by atoms with Gasteiger partial charge < -0.3 is 14.6 Å². The van der Waals surface area contributed by atoms with E-state index in [4.69, 9.17) is 4.74 Å². The number of carbonyl (C=O) groups is 2. The lowest BCUT2D eigenvalue weighted by molar-refractivity contribution is 0.0877. The summed E-state index contributed by atoms with van der Waals surface area (Å²) in [6, 6.07) is 7.15. The number of imidazole rings is 1. The number of hydrogen-bond acceptors (Lipinski definition) is 5. The minimum atomic E-state index is -0.737. The van der Waals surface area contributed by atoms with Gasteiger partial charge >= 0.3 is 12.1 Å². The highest BCUT2D eigenvalue weighted by Crippen LogP contribution is 2.32. The fourth-order valence-electron chi connectivity index (χ4n) is 3.23. The summed E-state index contributed by atoms with van der Waals surface area (Å²) in [5, 5.41) is 0.932. The van der Waals surface area contributed by atoms with E-state index in [1.807, 2.05) is 38.1 Å². The number of nitrogens with zero attached hydrogens (tertiary/aromatic N) is 3. The molecule has 0 radical (unpaired) electrons. The van der Waals surface area contributed by atoms with Crippen LogP contribution in [0.25, 0.3) is 11.3 Å². The van der Waals surface area contributed by atoms with E-state index in [0.717, 1.165) is 33.6 Å². The lowest BCUT2D eigenvalue weighted by atomic mass is 10.2. The monoisotopic (exact) mass is 449 g/mol. The molecule has 1 unspecified atom stereocenters. The molecule has 3 amide bonds. The van der Waals surface area contributed by atoms with E-state index in [-0.39, 0.29) is 12.1 Å². The quantitative estimate of drug-likeness (QED) is 0.686. The summed E-state index contributed by atoms with van der Waals surface area (Å²) in [5.74, 6) is 0.707. The SMILES string of the molecule is COC(=O)N(NC(C)C)C(=O)N1CCCC1c1ncc(-c2ccc(Br)cc2)[nH]1. The highest BCUT2D eigenvalue weighted by molar-refractivity contribution is 9.10. The Morgan fingerprint density at radius 1 is 1.36 bits per heavy atom. The molecule has 0 aliphatic carbocycles. The van der Waals surface area contributed by atoms with E-state index in [9.17, 15) is 9.59 Å². The Balaban J connectivity index is 1.81. The average Bonchev–Trinajstić information content (AvgIpc) is 3.34. The molecule has 28 heavy (non-hydrogen) atoms. The number of aromatic nitrogens is 2. The van der Waals surface area contributed by atoms with Crippen molar-refractivity contribution in [1.29, 1.82) is 0 Å². The summed E-state index contributed by atoms with van der Waals surface area (Å²) in [6.07, 6.45) is 2.64. The molecule has 1 aromatic carbocycles. The van der Waals surface area contributed by atoms with Crippen molar-refractivity contribution in [2.45, 2.75) is 38.8 Å². The van der Waals surface area contributed by atoms with Crippen molar-refractivity contribution in [3.05, 3.63) is 40.8 Å². The fourth-order valence-corrected chi connectivity index (χ4v) is 3.49. The molecule has 2 aromatic rings. The lowest BCUT2D eigenvalue weighted by Crippen LogP contribution is -2.54. The number of imide groups is 1. The molecule has 1 aromatic heterocycles. The largest absolute Gasteiger partial charge is 0.451 e. The fraction of sp³-hybridized carbons (Fsp3) is 0.421. The van der Waals surface area contributed by atoms with Crippen LogP contribution in [0.5, 0.6) is 0 Å². The molecule has 1 saturated heterocycles. The Kier molecular flexibility index (Phi) is 6.35. The molecule has 1 atom stereocenters. The zero-order chi connectivity index (χ0) is 20.3. The molecular weight excluding hydrogens is 426 g/mol. The molecule has 2 heterocycles. The number of aromatic amines is 1. The molecule has 1 aliphatic rings.